The predicted octanol–water partition coefficient (Wildman–Crippen LogP) is 4.85. The van der Waals surface area contributed by atoms with Crippen molar-refractivity contribution >= 4 is 0 Å². The van der Waals surface area contributed by atoms with Gasteiger partial charge in [-0.1, -0.05) is 45.4 Å². The molecule has 0 heterocycles. The number of aryl methyl sites for hydroxylation is 2. The zero-order valence-corrected chi connectivity index (χ0v) is 10.6. The lowest BCUT2D eigenvalue weighted by Crippen LogP contribution is -2.04. The zero-order valence-electron chi connectivity index (χ0n) is 10.6. The Balaban J connectivity index is 3.08. The van der Waals surface area contributed by atoms with Crippen molar-refractivity contribution in [2.45, 2.75) is 59.3 Å². The molecule has 0 bridgehead atoms. The van der Waals surface area contributed by atoms with Crippen molar-refractivity contribution < 1.29 is 0 Å². The molecule has 0 saturated heterocycles. The molecule has 0 aromatic heterocycles. The van der Waals surface area contributed by atoms with Crippen molar-refractivity contribution in [3.05, 3.63) is 34.9 Å². The Bertz CT molecular complexity index is 299. The molecule has 1 aromatic rings. The molecule has 0 nitrogen and oxygen atoms in total. The Morgan fingerprint density at radius 1 is 1.13 bits per heavy atom. The van der Waals surface area contributed by atoms with Crippen molar-refractivity contribution in [1.29, 1.82) is 0 Å². The first kappa shape index (κ1) is 12.3. The van der Waals surface area contributed by atoms with Crippen molar-refractivity contribution in [3.8, 4) is 0 Å². The van der Waals surface area contributed by atoms with Gasteiger partial charge >= 0.3 is 0 Å². The molecule has 0 aliphatic carbocycles. The van der Waals surface area contributed by atoms with Gasteiger partial charge in [0.2, 0.25) is 0 Å². The number of benzene rings is 1. The summed E-state index contributed by atoms with van der Waals surface area (Å²) in [5.41, 5.74) is 4.66. The molecule has 0 heteroatoms. The molecule has 0 saturated carbocycles. The van der Waals surface area contributed by atoms with Gasteiger partial charge in [0.05, 0.1) is 0 Å². The van der Waals surface area contributed by atoms with E-state index in [4.69, 9.17) is 0 Å². The van der Waals surface area contributed by atoms with E-state index in [1.807, 2.05) is 0 Å². The maximum atomic E-state index is 2.31. The van der Waals surface area contributed by atoms with Crippen molar-refractivity contribution in [2.24, 2.45) is 0 Å². The largest absolute Gasteiger partial charge is 0.0654 e. The summed E-state index contributed by atoms with van der Waals surface area (Å²) < 4.78 is 0. The van der Waals surface area contributed by atoms with Crippen LogP contribution in [0.3, 0.4) is 0 Å². The number of rotatable bonds is 5. The lowest BCUT2D eigenvalue weighted by atomic mass is 9.85. The number of hydrogen-bond acceptors (Lipinski definition) is 0. The minimum absolute atomic E-state index is 0.770. The standard InChI is InChI=1S/C15H24/c1-5-9-13(6-2)15-12(4)10-8-11-14(15)7-3/h8,10-11,13H,5-7,9H2,1-4H3. The monoisotopic (exact) mass is 204 g/mol. The molecule has 0 amide bonds. The van der Waals surface area contributed by atoms with Gasteiger partial charge < -0.3 is 0 Å². The van der Waals surface area contributed by atoms with Gasteiger partial charge in [-0.15, -0.1) is 0 Å². The zero-order chi connectivity index (χ0) is 11.3. The summed E-state index contributed by atoms with van der Waals surface area (Å²) in [5, 5.41) is 0. The average molecular weight is 204 g/mol. The van der Waals surface area contributed by atoms with E-state index in [0.717, 1.165) is 12.3 Å². The highest BCUT2D eigenvalue weighted by molar-refractivity contribution is 5.37. The van der Waals surface area contributed by atoms with Crippen molar-refractivity contribution in [2.75, 3.05) is 0 Å². The minimum atomic E-state index is 0.770. The van der Waals surface area contributed by atoms with Crippen LogP contribution in [-0.4, -0.2) is 0 Å². The van der Waals surface area contributed by atoms with E-state index in [1.165, 1.54) is 24.8 Å². The van der Waals surface area contributed by atoms with Crippen LogP contribution in [-0.2, 0) is 6.42 Å². The third kappa shape index (κ3) is 2.84. The molecule has 84 valence electrons. The second kappa shape index (κ2) is 5.95. The molecule has 0 fully saturated rings. The van der Waals surface area contributed by atoms with E-state index in [-0.39, 0.29) is 0 Å². The Morgan fingerprint density at radius 2 is 1.87 bits per heavy atom. The summed E-state index contributed by atoms with van der Waals surface area (Å²) in [6, 6.07) is 6.74. The van der Waals surface area contributed by atoms with Crippen LogP contribution in [0.1, 0.15) is 62.6 Å². The molecule has 1 atom stereocenters. The second-order valence-corrected chi connectivity index (χ2v) is 4.40. The molecule has 15 heavy (non-hydrogen) atoms. The van der Waals surface area contributed by atoms with Crippen LogP contribution >= 0.6 is 0 Å². The van der Waals surface area contributed by atoms with Gasteiger partial charge in [0.1, 0.15) is 0 Å². The van der Waals surface area contributed by atoms with E-state index < -0.39 is 0 Å². The van der Waals surface area contributed by atoms with Crippen LogP contribution in [0.15, 0.2) is 18.2 Å². The van der Waals surface area contributed by atoms with Gasteiger partial charge in [0.15, 0.2) is 0 Å². The number of hydrogen-bond donors (Lipinski definition) is 0. The van der Waals surface area contributed by atoms with E-state index in [0.29, 0.717) is 0 Å². The summed E-state index contributed by atoms with van der Waals surface area (Å²) >= 11 is 0. The van der Waals surface area contributed by atoms with Gasteiger partial charge in [0.25, 0.3) is 0 Å². The van der Waals surface area contributed by atoms with Gasteiger partial charge in [-0.25, -0.2) is 0 Å². The third-order valence-corrected chi connectivity index (χ3v) is 3.33. The lowest BCUT2D eigenvalue weighted by Gasteiger charge is -2.20. The fourth-order valence-corrected chi connectivity index (χ4v) is 2.53. The molecule has 1 rings (SSSR count). The van der Waals surface area contributed by atoms with Gasteiger partial charge in [0, 0.05) is 0 Å². The quantitative estimate of drug-likeness (QED) is 0.643. The normalized spacial score (nSPS) is 12.8. The van der Waals surface area contributed by atoms with Crippen LogP contribution < -0.4 is 0 Å². The van der Waals surface area contributed by atoms with Crippen LogP contribution in [0.25, 0.3) is 0 Å². The Morgan fingerprint density at radius 3 is 2.40 bits per heavy atom. The van der Waals surface area contributed by atoms with Crippen LogP contribution in [0.2, 0.25) is 0 Å². The SMILES string of the molecule is CCCC(CC)c1c(C)cccc1CC. The second-order valence-electron chi connectivity index (χ2n) is 4.40. The molecule has 0 aliphatic heterocycles. The Labute approximate surface area is 94.7 Å². The smallest absolute Gasteiger partial charge is 0.0159 e. The van der Waals surface area contributed by atoms with E-state index >= 15 is 0 Å². The molecule has 0 radical (unpaired) electrons. The minimum Gasteiger partial charge on any atom is -0.0654 e. The molecule has 1 unspecified atom stereocenters. The molecule has 0 N–H and O–H groups in total. The lowest BCUT2D eigenvalue weighted by molar-refractivity contribution is 0.588. The first-order chi connectivity index (χ1) is 7.24. The summed E-state index contributed by atoms with van der Waals surface area (Å²) in [4.78, 5) is 0. The van der Waals surface area contributed by atoms with Crippen LogP contribution in [0.4, 0.5) is 0 Å². The maximum Gasteiger partial charge on any atom is -0.0159 e. The summed E-state index contributed by atoms with van der Waals surface area (Å²) in [7, 11) is 0. The Hall–Kier alpha value is -0.780. The topological polar surface area (TPSA) is 0 Å². The van der Waals surface area contributed by atoms with Gasteiger partial charge in [-0.2, -0.15) is 0 Å². The highest BCUT2D eigenvalue weighted by Gasteiger charge is 2.13. The van der Waals surface area contributed by atoms with E-state index in [2.05, 4.69) is 45.9 Å². The molecular formula is C15H24. The van der Waals surface area contributed by atoms with Crippen LogP contribution in [0.5, 0.6) is 0 Å². The van der Waals surface area contributed by atoms with E-state index in [9.17, 15) is 0 Å². The first-order valence-corrected chi connectivity index (χ1v) is 6.32. The fraction of sp³-hybridized carbons (Fsp3) is 0.600. The summed E-state index contributed by atoms with van der Waals surface area (Å²) in [6.45, 7) is 9.11. The van der Waals surface area contributed by atoms with Crippen LogP contribution in [0, 0.1) is 6.92 Å². The predicted molar refractivity (Wildman–Crippen MR) is 68.5 cm³/mol. The van der Waals surface area contributed by atoms with Gasteiger partial charge in [-0.05, 0) is 48.8 Å². The highest BCUT2D eigenvalue weighted by atomic mass is 14.2. The molecule has 0 spiro atoms. The first-order valence-electron chi connectivity index (χ1n) is 6.32. The molecular weight excluding hydrogens is 180 g/mol. The Kier molecular flexibility index (Phi) is 4.87. The molecule has 1 aromatic carbocycles. The maximum absolute atomic E-state index is 2.31. The summed E-state index contributed by atoms with van der Waals surface area (Å²) in [6.07, 6.45) is 5.05. The molecule has 0 aliphatic rings. The fourth-order valence-electron chi connectivity index (χ4n) is 2.53. The van der Waals surface area contributed by atoms with E-state index in [1.54, 1.807) is 11.1 Å². The van der Waals surface area contributed by atoms with Crippen molar-refractivity contribution in [1.82, 2.24) is 0 Å². The highest BCUT2D eigenvalue weighted by Crippen LogP contribution is 2.30. The van der Waals surface area contributed by atoms with Gasteiger partial charge in [-0.3, -0.25) is 0 Å². The van der Waals surface area contributed by atoms with Crippen molar-refractivity contribution in [3.63, 3.8) is 0 Å². The summed E-state index contributed by atoms with van der Waals surface area (Å²) in [5.74, 6) is 0.770. The third-order valence-electron chi connectivity index (χ3n) is 3.33. The average Bonchev–Trinajstić information content (AvgIpc) is 2.26.